The minimum atomic E-state index is -0.180. The monoisotopic (exact) mass is 649 g/mol. The fraction of sp³-hybridized carbons (Fsp3) is 0.0333. The van der Waals surface area contributed by atoms with E-state index in [2.05, 4.69) is 40.8 Å². The van der Waals surface area contributed by atoms with Crippen LogP contribution >= 0.6 is 35.3 Å². The van der Waals surface area contributed by atoms with E-state index < -0.39 is 0 Å². The van der Waals surface area contributed by atoms with E-state index in [4.69, 9.17) is 9.47 Å². The molecule has 0 atom stereocenters. The number of nitrogens with zero attached hydrogens (tertiary/aromatic N) is 9. The Labute approximate surface area is 269 Å². The molecule has 0 fully saturated rings. The minimum Gasteiger partial charge on any atom is -0.422 e. The van der Waals surface area contributed by atoms with Gasteiger partial charge in [-0.15, -0.1) is 20.4 Å². The predicted molar refractivity (Wildman–Crippen MR) is 166 cm³/mol. The van der Waals surface area contributed by atoms with Crippen LogP contribution in [-0.4, -0.2) is 46.7 Å². The Hall–Kier alpha value is -5.12. The van der Waals surface area contributed by atoms with Gasteiger partial charge in [-0.1, -0.05) is 32.2 Å². The summed E-state index contributed by atoms with van der Waals surface area (Å²) in [5.74, 6) is 0.745. The van der Waals surface area contributed by atoms with Crippen LogP contribution in [0.15, 0.2) is 127 Å². The molecule has 0 unspecified atom stereocenters. The van der Waals surface area contributed by atoms with Crippen LogP contribution in [0.5, 0.6) is 23.5 Å². The molecule has 0 saturated heterocycles. The van der Waals surface area contributed by atoms with Crippen LogP contribution in [0.4, 0.5) is 11.4 Å². The van der Waals surface area contributed by atoms with E-state index in [1.165, 1.54) is 30.4 Å². The van der Waals surface area contributed by atoms with Crippen molar-refractivity contribution in [3.8, 4) is 23.5 Å². The molecule has 0 aliphatic carbocycles. The minimum absolute atomic E-state index is 0.00552. The number of benzene rings is 4. The predicted octanol–water partition coefficient (Wildman–Crippen LogP) is 6.88. The normalized spacial score (nSPS) is 12.7. The average Bonchev–Trinajstić information content (AvgIpc) is 3.06. The molecule has 15 heteroatoms. The van der Waals surface area contributed by atoms with E-state index in [0.717, 1.165) is 19.6 Å². The van der Waals surface area contributed by atoms with Gasteiger partial charge in [-0.25, -0.2) is 0 Å². The molecular weight excluding hydrogens is 631 g/mol. The van der Waals surface area contributed by atoms with Gasteiger partial charge in [0.2, 0.25) is 16.2 Å². The number of hydrogen-bond donors (Lipinski definition) is 0. The first-order chi connectivity index (χ1) is 22.0. The molecule has 12 bridgehead atoms. The average molecular weight is 650 g/mol. The first-order valence-corrected chi connectivity index (χ1v) is 15.7. The van der Waals surface area contributed by atoms with Crippen molar-refractivity contribution in [2.45, 2.75) is 36.8 Å². The van der Waals surface area contributed by atoms with Gasteiger partial charge in [-0.05, 0) is 121 Å². The van der Waals surface area contributed by atoms with Crippen LogP contribution in [0, 0.1) is 0 Å². The van der Waals surface area contributed by atoms with Gasteiger partial charge in [0.25, 0.3) is 0 Å². The summed E-state index contributed by atoms with van der Waals surface area (Å²) in [4.78, 5) is 18.2. The van der Waals surface area contributed by atoms with Crippen LogP contribution in [-0.2, 0) is 4.79 Å². The number of anilines is 2. The molecule has 16 rings (SSSR count). The van der Waals surface area contributed by atoms with E-state index in [-0.39, 0.29) is 17.9 Å². The SMILES string of the molecule is CC(=O)N1c2ccc(cc2)Oc2nnc(nn2)Sc2ccc(cc2)Sc2ccc(cc2)Sc2nnc(nn2)Oc2ccc1cc2. The van der Waals surface area contributed by atoms with Gasteiger partial charge in [-0.2, -0.15) is 0 Å². The van der Waals surface area contributed by atoms with Crippen LogP contribution < -0.4 is 14.4 Å². The molecular formula is C30H19N9O3S3. The highest BCUT2D eigenvalue weighted by Gasteiger charge is 2.16. The maximum absolute atomic E-state index is 12.6. The molecule has 6 aromatic rings. The van der Waals surface area contributed by atoms with Gasteiger partial charge in [0, 0.05) is 37.9 Å². The maximum Gasteiger partial charge on any atom is 0.360 e. The van der Waals surface area contributed by atoms with Gasteiger partial charge >= 0.3 is 12.0 Å². The molecule has 220 valence electrons. The van der Waals surface area contributed by atoms with Crippen molar-refractivity contribution in [1.29, 1.82) is 0 Å². The van der Waals surface area contributed by atoms with Crippen LogP contribution in [0.2, 0.25) is 0 Å². The Morgan fingerprint density at radius 1 is 0.489 bits per heavy atom. The van der Waals surface area contributed by atoms with Gasteiger partial charge in [0.15, 0.2) is 0 Å². The number of ether oxygens (including phenoxy) is 2. The Balaban J connectivity index is 1.18. The lowest BCUT2D eigenvalue weighted by Gasteiger charge is -2.21. The number of hydrogen-bond acceptors (Lipinski definition) is 14. The first-order valence-electron chi connectivity index (χ1n) is 13.3. The summed E-state index contributed by atoms with van der Waals surface area (Å²) in [5.41, 5.74) is 1.27. The van der Waals surface area contributed by atoms with Crippen molar-refractivity contribution < 1.29 is 14.3 Å². The van der Waals surface area contributed by atoms with Crippen LogP contribution in [0.1, 0.15) is 6.92 Å². The van der Waals surface area contributed by atoms with Gasteiger partial charge < -0.3 is 9.47 Å². The topological polar surface area (TPSA) is 142 Å². The third-order valence-electron chi connectivity index (χ3n) is 6.11. The molecule has 2 aromatic heterocycles. The fourth-order valence-electron chi connectivity index (χ4n) is 4.13. The molecule has 0 N–H and O–H groups in total. The van der Waals surface area contributed by atoms with Crippen molar-refractivity contribution in [2.24, 2.45) is 0 Å². The zero-order valence-corrected chi connectivity index (χ0v) is 25.7. The Morgan fingerprint density at radius 2 is 0.822 bits per heavy atom. The standard InChI is InChI=1S/C30H19N9O3S3/c1-18(40)39-19-2-6-21(7-3-19)41-27-31-35-29(36-32-27)44-25-14-10-23(11-15-25)43-24-12-16-26(17-13-24)45-30-37-33-28(34-38-30)42-22-8-4-20(39)5-9-22/h2-17H,1H3. The summed E-state index contributed by atoms with van der Waals surface area (Å²) in [6, 6.07) is 30.0. The zero-order chi connectivity index (χ0) is 30.6. The van der Waals surface area contributed by atoms with Crippen molar-refractivity contribution >= 4 is 52.6 Å². The highest BCUT2D eigenvalue weighted by molar-refractivity contribution is 8.00. The number of amides is 1. The van der Waals surface area contributed by atoms with E-state index in [1.807, 2.05) is 48.5 Å². The third kappa shape index (κ3) is 7.01. The van der Waals surface area contributed by atoms with Crippen molar-refractivity contribution in [1.82, 2.24) is 40.8 Å². The van der Waals surface area contributed by atoms with E-state index >= 15 is 0 Å². The lowest BCUT2D eigenvalue weighted by Crippen LogP contribution is -2.22. The summed E-state index contributed by atoms with van der Waals surface area (Å²) < 4.78 is 11.5. The summed E-state index contributed by atoms with van der Waals surface area (Å²) >= 11 is 4.34. The molecule has 10 aliphatic heterocycles. The molecule has 0 saturated carbocycles. The van der Waals surface area contributed by atoms with Gasteiger partial charge in [0.1, 0.15) is 11.5 Å². The zero-order valence-electron chi connectivity index (χ0n) is 23.2. The largest absolute Gasteiger partial charge is 0.422 e. The van der Waals surface area contributed by atoms with E-state index in [0.29, 0.717) is 33.2 Å². The van der Waals surface area contributed by atoms with Crippen LogP contribution in [0.25, 0.3) is 0 Å². The number of carbonyl (C=O) groups excluding carboxylic acids is 1. The third-order valence-corrected chi connectivity index (χ3v) is 8.83. The second-order valence-corrected chi connectivity index (χ2v) is 12.5. The second-order valence-electron chi connectivity index (χ2n) is 9.23. The van der Waals surface area contributed by atoms with Gasteiger partial charge in [0.05, 0.1) is 0 Å². The number of carbonyl (C=O) groups is 1. The van der Waals surface area contributed by atoms with Crippen molar-refractivity contribution in [2.75, 3.05) is 4.90 Å². The molecule has 4 aromatic carbocycles. The molecule has 45 heavy (non-hydrogen) atoms. The lowest BCUT2D eigenvalue weighted by atomic mass is 10.2. The van der Waals surface area contributed by atoms with Crippen LogP contribution in [0.3, 0.4) is 0 Å². The summed E-state index contributed by atoms with van der Waals surface area (Å²) in [7, 11) is 0. The van der Waals surface area contributed by atoms with Crippen molar-refractivity contribution in [3.63, 3.8) is 0 Å². The lowest BCUT2D eigenvalue weighted by molar-refractivity contribution is -0.115. The number of aromatic nitrogens is 8. The Morgan fingerprint density at radius 3 is 1.16 bits per heavy atom. The molecule has 12 heterocycles. The van der Waals surface area contributed by atoms with E-state index in [1.54, 1.807) is 65.2 Å². The van der Waals surface area contributed by atoms with Crippen molar-refractivity contribution in [3.05, 3.63) is 97.1 Å². The Kier molecular flexibility index (Phi) is 8.18. The molecule has 10 aliphatic rings. The second kappa shape index (κ2) is 12.9. The highest BCUT2D eigenvalue weighted by atomic mass is 32.2. The van der Waals surface area contributed by atoms with Gasteiger partial charge in [-0.3, -0.25) is 9.69 Å². The fourth-order valence-corrected chi connectivity index (χ4v) is 6.24. The summed E-state index contributed by atoms with van der Waals surface area (Å²) in [6.45, 7) is 1.48. The molecule has 12 nitrogen and oxygen atoms in total. The number of rotatable bonds is 0. The highest BCUT2D eigenvalue weighted by Crippen LogP contribution is 2.34. The Bertz CT molecular complexity index is 1790. The first kappa shape index (κ1) is 28.6. The maximum atomic E-state index is 12.6. The van der Waals surface area contributed by atoms with E-state index in [9.17, 15) is 4.79 Å². The smallest absolute Gasteiger partial charge is 0.360 e. The molecule has 1 amide bonds. The summed E-state index contributed by atoms with van der Waals surface area (Å²) in [6.07, 6.45) is 0. The summed E-state index contributed by atoms with van der Waals surface area (Å²) in [5, 5.41) is 33.6. The quantitative estimate of drug-likeness (QED) is 0.169. The molecule has 0 radical (unpaired) electrons. The molecule has 0 spiro atoms.